The fourth-order valence-electron chi connectivity index (χ4n) is 2.24. The SMILES string of the molecule is CC(C)Oc1cccc(NC(=S)NCCCSCc2ccc(F)cc2)c1. The van der Waals surface area contributed by atoms with Crippen molar-refractivity contribution in [3.05, 3.63) is 59.9 Å². The van der Waals surface area contributed by atoms with Gasteiger partial charge in [0, 0.05) is 24.1 Å². The summed E-state index contributed by atoms with van der Waals surface area (Å²) in [6.07, 6.45) is 1.15. The molecule has 0 unspecified atom stereocenters. The van der Waals surface area contributed by atoms with Gasteiger partial charge in [0.2, 0.25) is 0 Å². The number of ether oxygens (including phenoxy) is 1. The van der Waals surface area contributed by atoms with E-state index in [2.05, 4.69) is 10.6 Å². The van der Waals surface area contributed by atoms with Crippen LogP contribution in [-0.4, -0.2) is 23.5 Å². The van der Waals surface area contributed by atoms with E-state index in [-0.39, 0.29) is 11.9 Å². The van der Waals surface area contributed by atoms with Crippen molar-refractivity contribution in [3.63, 3.8) is 0 Å². The van der Waals surface area contributed by atoms with E-state index in [4.69, 9.17) is 17.0 Å². The summed E-state index contributed by atoms with van der Waals surface area (Å²) >= 11 is 7.16. The van der Waals surface area contributed by atoms with Gasteiger partial charge in [-0.2, -0.15) is 11.8 Å². The van der Waals surface area contributed by atoms with E-state index in [9.17, 15) is 4.39 Å². The monoisotopic (exact) mass is 392 g/mol. The van der Waals surface area contributed by atoms with Crippen LogP contribution in [0.15, 0.2) is 48.5 Å². The molecular weight excluding hydrogens is 367 g/mol. The first-order valence-electron chi connectivity index (χ1n) is 8.66. The Balaban J connectivity index is 1.61. The summed E-state index contributed by atoms with van der Waals surface area (Å²) in [6.45, 7) is 4.81. The summed E-state index contributed by atoms with van der Waals surface area (Å²) in [5.41, 5.74) is 2.05. The molecule has 0 amide bonds. The van der Waals surface area contributed by atoms with Gasteiger partial charge in [-0.05, 0) is 68.1 Å². The topological polar surface area (TPSA) is 33.3 Å². The number of hydrogen-bond donors (Lipinski definition) is 2. The molecule has 0 radical (unpaired) electrons. The average molecular weight is 393 g/mol. The Morgan fingerprint density at radius 3 is 2.69 bits per heavy atom. The van der Waals surface area contributed by atoms with E-state index < -0.39 is 0 Å². The van der Waals surface area contributed by atoms with E-state index in [1.807, 2.05) is 62.0 Å². The van der Waals surface area contributed by atoms with E-state index in [1.54, 1.807) is 0 Å². The van der Waals surface area contributed by atoms with Crippen LogP contribution in [0.4, 0.5) is 10.1 Å². The van der Waals surface area contributed by atoms with Crippen LogP contribution in [0.3, 0.4) is 0 Å². The summed E-state index contributed by atoms with van der Waals surface area (Å²) in [4.78, 5) is 0. The van der Waals surface area contributed by atoms with Crippen molar-refractivity contribution in [2.45, 2.75) is 32.1 Å². The molecule has 3 nitrogen and oxygen atoms in total. The molecular formula is C20H25FN2OS2. The molecule has 0 aliphatic carbocycles. The minimum atomic E-state index is -0.190. The summed E-state index contributed by atoms with van der Waals surface area (Å²) < 4.78 is 18.5. The highest BCUT2D eigenvalue weighted by molar-refractivity contribution is 7.98. The fraction of sp³-hybridized carbons (Fsp3) is 0.350. The van der Waals surface area contributed by atoms with Crippen LogP contribution in [0.1, 0.15) is 25.8 Å². The lowest BCUT2D eigenvalue weighted by Crippen LogP contribution is -2.29. The third-order valence-corrected chi connectivity index (χ3v) is 4.76. The standard InChI is InChI=1S/C20H25FN2OS2/c1-15(2)24-19-6-3-5-18(13-19)23-20(25)22-11-4-12-26-14-16-7-9-17(21)10-8-16/h3,5-10,13,15H,4,11-12,14H2,1-2H3,(H2,22,23,25). The molecule has 2 rings (SSSR count). The molecule has 26 heavy (non-hydrogen) atoms. The summed E-state index contributed by atoms with van der Waals surface area (Å²) in [7, 11) is 0. The number of rotatable bonds is 9. The Hall–Kier alpha value is -1.79. The molecule has 0 heterocycles. The first-order chi connectivity index (χ1) is 12.5. The molecule has 2 N–H and O–H groups in total. The lowest BCUT2D eigenvalue weighted by molar-refractivity contribution is 0.242. The summed E-state index contributed by atoms with van der Waals surface area (Å²) in [5, 5.41) is 7.00. The Kier molecular flexibility index (Phi) is 8.71. The maximum Gasteiger partial charge on any atom is 0.170 e. The molecule has 0 fully saturated rings. The van der Waals surface area contributed by atoms with Crippen LogP contribution in [0.25, 0.3) is 0 Å². The highest BCUT2D eigenvalue weighted by Gasteiger charge is 2.02. The zero-order valence-electron chi connectivity index (χ0n) is 15.1. The second kappa shape index (κ2) is 11.0. The summed E-state index contributed by atoms with van der Waals surface area (Å²) in [5.74, 6) is 2.55. The van der Waals surface area contributed by atoms with Gasteiger partial charge in [0.25, 0.3) is 0 Å². The molecule has 0 aliphatic rings. The fourth-order valence-corrected chi connectivity index (χ4v) is 3.38. The van der Waals surface area contributed by atoms with Crippen molar-refractivity contribution in [2.24, 2.45) is 0 Å². The molecule has 0 atom stereocenters. The Morgan fingerprint density at radius 1 is 1.19 bits per heavy atom. The predicted octanol–water partition coefficient (Wildman–Crippen LogP) is 5.22. The van der Waals surface area contributed by atoms with Gasteiger partial charge in [-0.25, -0.2) is 4.39 Å². The minimum Gasteiger partial charge on any atom is -0.491 e. The second-order valence-corrected chi connectivity index (χ2v) is 7.62. The van der Waals surface area contributed by atoms with Crippen LogP contribution in [0.2, 0.25) is 0 Å². The van der Waals surface area contributed by atoms with E-state index >= 15 is 0 Å². The van der Waals surface area contributed by atoms with Crippen molar-refractivity contribution in [3.8, 4) is 5.75 Å². The normalized spacial score (nSPS) is 10.6. The van der Waals surface area contributed by atoms with Crippen molar-refractivity contribution in [2.75, 3.05) is 17.6 Å². The van der Waals surface area contributed by atoms with Gasteiger partial charge >= 0.3 is 0 Å². The first-order valence-corrected chi connectivity index (χ1v) is 10.2. The highest BCUT2D eigenvalue weighted by Crippen LogP contribution is 2.18. The van der Waals surface area contributed by atoms with Crippen LogP contribution >= 0.6 is 24.0 Å². The highest BCUT2D eigenvalue weighted by atomic mass is 32.2. The smallest absolute Gasteiger partial charge is 0.170 e. The average Bonchev–Trinajstić information content (AvgIpc) is 2.59. The quantitative estimate of drug-likeness (QED) is 0.451. The number of halogens is 1. The van der Waals surface area contributed by atoms with Crippen LogP contribution < -0.4 is 15.4 Å². The zero-order chi connectivity index (χ0) is 18.8. The Bertz CT molecular complexity index is 692. The molecule has 140 valence electrons. The van der Waals surface area contributed by atoms with E-state index in [0.717, 1.165) is 41.5 Å². The van der Waals surface area contributed by atoms with Crippen LogP contribution in [0, 0.1) is 5.82 Å². The molecule has 0 saturated carbocycles. The Morgan fingerprint density at radius 2 is 1.96 bits per heavy atom. The molecule has 2 aromatic rings. The maximum absolute atomic E-state index is 12.8. The maximum atomic E-state index is 12.8. The number of benzene rings is 2. The van der Waals surface area contributed by atoms with Crippen LogP contribution in [-0.2, 0) is 5.75 Å². The molecule has 0 aromatic heterocycles. The second-order valence-electron chi connectivity index (χ2n) is 6.11. The van der Waals surface area contributed by atoms with Crippen molar-refractivity contribution >= 4 is 34.8 Å². The molecule has 0 spiro atoms. The lowest BCUT2D eigenvalue weighted by atomic mass is 10.2. The molecule has 0 aliphatic heterocycles. The Labute approximate surface area is 164 Å². The van der Waals surface area contributed by atoms with Crippen molar-refractivity contribution in [1.82, 2.24) is 5.32 Å². The number of hydrogen-bond acceptors (Lipinski definition) is 3. The number of thiocarbonyl (C=S) groups is 1. The third-order valence-electron chi connectivity index (χ3n) is 3.40. The predicted molar refractivity (Wildman–Crippen MR) is 114 cm³/mol. The number of anilines is 1. The van der Waals surface area contributed by atoms with Gasteiger partial charge < -0.3 is 15.4 Å². The summed E-state index contributed by atoms with van der Waals surface area (Å²) in [6, 6.07) is 14.4. The van der Waals surface area contributed by atoms with Crippen LogP contribution in [0.5, 0.6) is 5.75 Å². The largest absolute Gasteiger partial charge is 0.491 e. The number of nitrogens with one attached hydrogen (secondary N) is 2. The van der Waals surface area contributed by atoms with Gasteiger partial charge in [0.05, 0.1) is 6.10 Å². The van der Waals surface area contributed by atoms with E-state index in [0.29, 0.717) is 5.11 Å². The third kappa shape index (κ3) is 8.06. The minimum absolute atomic E-state index is 0.141. The van der Waals surface area contributed by atoms with Crippen molar-refractivity contribution < 1.29 is 9.13 Å². The zero-order valence-corrected chi connectivity index (χ0v) is 16.8. The van der Waals surface area contributed by atoms with Gasteiger partial charge in [-0.3, -0.25) is 0 Å². The molecule has 2 aromatic carbocycles. The van der Waals surface area contributed by atoms with Gasteiger partial charge in [-0.1, -0.05) is 18.2 Å². The molecule has 0 saturated heterocycles. The lowest BCUT2D eigenvalue weighted by Gasteiger charge is -2.13. The first kappa shape index (κ1) is 20.5. The van der Waals surface area contributed by atoms with Gasteiger partial charge in [0.1, 0.15) is 11.6 Å². The van der Waals surface area contributed by atoms with Gasteiger partial charge in [0.15, 0.2) is 5.11 Å². The molecule has 0 bridgehead atoms. The van der Waals surface area contributed by atoms with Gasteiger partial charge in [-0.15, -0.1) is 0 Å². The number of thioether (sulfide) groups is 1. The molecule has 6 heteroatoms. The van der Waals surface area contributed by atoms with E-state index in [1.165, 1.54) is 12.1 Å². The van der Waals surface area contributed by atoms with Crippen molar-refractivity contribution in [1.29, 1.82) is 0 Å².